The summed E-state index contributed by atoms with van der Waals surface area (Å²) >= 11 is 1.55. The van der Waals surface area contributed by atoms with Crippen molar-refractivity contribution in [3.05, 3.63) is 47.3 Å². The predicted molar refractivity (Wildman–Crippen MR) is 62.0 cm³/mol. The first-order chi connectivity index (χ1) is 7.79. The van der Waals surface area contributed by atoms with Crippen LogP contribution < -0.4 is 0 Å². The summed E-state index contributed by atoms with van der Waals surface area (Å²) in [5.74, 6) is 0.804. The standard InChI is InChI=1S/C12H10N2OS/c1-9-6-10(7-13)2-3-11(9)8-16-12-14-4-5-15-12/h2-6H,8H2,1H3. The van der Waals surface area contributed by atoms with E-state index in [2.05, 4.69) is 11.1 Å². The van der Waals surface area contributed by atoms with Gasteiger partial charge >= 0.3 is 0 Å². The van der Waals surface area contributed by atoms with Crippen molar-refractivity contribution < 1.29 is 4.42 Å². The van der Waals surface area contributed by atoms with Crippen LogP contribution in [0.15, 0.2) is 40.3 Å². The van der Waals surface area contributed by atoms with E-state index in [1.807, 2.05) is 25.1 Å². The van der Waals surface area contributed by atoms with Crippen molar-refractivity contribution in [2.45, 2.75) is 17.9 Å². The molecular formula is C12H10N2OS. The maximum atomic E-state index is 8.75. The summed E-state index contributed by atoms with van der Waals surface area (Å²) in [7, 11) is 0. The fourth-order valence-corrected chi connectivity index (χ4v) is 2.21. The summed E-state index contributed by atoms with van der Waals surface area (Å²) in [4.78, 5) is 4.04. The fraction of sp³-hybridized carbons (Fsp3) is 0.167. The Hall–Kier alpha value is -1.73. The number of oxazole rings is 1. The highest BCUT2D eigenvalue weighted by Gasteiger charge is 2.03. The van der Waals surface area contributed by atoms with Crippen LogP contribution in [0, 0.1) is 18.3 Å². The minimum Gasteiger partial charge on any atom is -0.440 e. The van der Waals surface area contributed by atoms with E-state index in [4.69, 9.17) is 9.68 Å². The third-order valence-electron chi connectivity index (χ3n) is 2.23. The van der Waals surface area contributed by atoms with Gasteiger partial charge < -0.3 is 4.42 Å². The van der Waals surface area contributed by atoms with Crippen molar-refractivity contribution in [2.24, 2.45) is 0 Å². The Balaban J connectivity index is 2.08. The van der Waals surface area contributed by atoms with Gasteiger partial charge in [-0.3, -0.25) is 0 Å². The van der Waals surface area contributed by atoms with Crippen molar-refractivity contribution in [1.82, 2.24) is 4.98 Å². The zero-order valence-corrected chi connectivity index (χ0v) is 9.62. The molecule has 0 aliphatic rings. The normalized spacial score (nSPS) is 10.0. The number of rotatable bonds is 3. The van der Waals surface area contributed by atoms with E-state index in [1.54, 1.807) is 24.2 Å². The summed E-state index contributed by atoms with van der Waals surface area (Å²) in [6.07, 6.45) is 3.20. The summed E-state index contributed by atoms with van der Waals surface area (Å²) in [5.41, 5.74) is 3.02. The van der Waals surface area contributed by atoms with Gasteiger partial charge in [0.05, 0.1) is 17.8 Å². The molecule has 0 atom stereocenters. The van der Waals surface area contributed by atoms with Crippen LogP contribution in [-0.4, -0.2) is 4.98 Å². The van der Waals surface area contributed by atoms with Crippen LogP contribution in [0.5, 0.6) is 0 Å². The van der Waals surface area contributed by atoms with Crippen LogP contribution in [0.2, 0.25) is 0 Å². The van der Waals surface area contributed by atoms with Crippen molar-refractivity contribution in [3.8, 4) is 6.07 Å². The average molecular weight is 230 g/mol. The first kappa shape index (κ1) is 10.8. The minimum absolute atomic E-state index is 0.670. The first-order valence-electron chi connectivity index (χ1n) is 4.81. The number of aryl methyl sites for hydroxylation is 1. The number of hydrogen-bond acceptors (Lipinski definition) is 4. The largest absolute Gasteiger partial charge is 0.440 e. The molecule has 0 aliphatic carbocycles. The molecule has 0 saturated heterocycles. The number of nitrogens with zero attached hydrogens (tertiary/aromatic N) is 2. The molecule has 0 amide bonds. The zero-order valence-electron chi connectivity index (χ0n) is 8.80. The summed E-state index contributed by atoms with van der Waals surface area (Å²) in [6, 6.07) is 7.83. The van der Waals surface area contributed by atoms with Crippen molar-refractivity contribution in [3.63, 3.8) is 0 Å². The second-order valence-corrected chi connectivity index (χ2v) is 4.27. The van der Waals surface area contributed by atoms with Crippen LogP contribution in [0.4, 0.5) is 0 Å². The smallest absolute Gasteiger partial charge is 0.255 e. The minimum atomic E-state index is 0.670. The molecule has 1 heterocycles. The fourth-order valence-electron chi connectivity index (χ4n) is 1.35. The van der Waals surface area contributed by atoms with Crippen LogP contribution in [0.3, 0.4) is 0 Å². The molecule has 1 aromatic carbocycles. The topological polar surface area (TPSA) is 49.8 Å². The molecule has 0 aliphatic heterocycles. The van der Waals surface area contributed by atoms with E-state index in [0.29, 0.717) is 10.8 Å². The molecule has 2 rings (SSSR count). The molecule has 1 aromatic heterocycles. The van der Waals surface area contributed by atoms with Gasteiger partial charge in [0.2, 0.25) is 0 Å². The van der Waals surface area contributed by atoms with Gasteiger partial charge in [0, 0.05) is 5.75 Å². The number of hydrogen-bond donors (Lipinski definition) is 0. The lowest BCUT2D eigenvalue weighted by molar-refractivity contribution is 0.454. The number of benzene rings is 1. The van der Waals surface area contributed by atoms with Gasteiger partial charge in [0.15, 0.2) is 0 Å². The van der Waals surface area contributed by atoms with Crippen LogP contribution >= 0.6 is 11.8 Å². The van der Waals surface area contributed by atoms with Gasteiger partial charge in [-0.05, 0) is 30.2 Å². The molecule has 0 unspecified atom stereocenters. The summed E-state index contributed by atoms with van der Waals surface area (Å²) in [5, 5.41) is 9.42. The molecule has 3 nitrogen and oxygen atoms in total. The van der Waals surface area contributed by atoms with E-state index in [9.17, 15) is 0 Å². The van der Waals surface area contributed by atoms with Gasteiger partial charge in [-0.15, -0.1) is 0 Å². The van der Waals surface area contributed by atoms with E-state index in [1.165, 1.54) is 5.56 Å². The Bertz CT molecular complexity index is 514. The lowest BCUT2D eigenvalue weighted by atomic mass is 10.1. The first-order valence-corrected chi connectivity index (χ1v) is 5.80. The third-order valence-corrected chi connectivity index (χ3v) is 3.14. The zero-order chi connectivity index (χ0) is 11.4. The van der Waals surface area contributed by atoms with Crippen LogP contribution in [-0.2, 0) is 5.75 Å². The third kappa shape index (κ3) is 2.44. The Morgan fingerprint density at radius 1 is 1.50 bits per heavy atom. The summed E-state index contributed by atoms with van der Waals surface area (Å²) in [6.45, 7) is 2.01. The maximum absolute atomic E-state index is 8.75. The molecule has 16 heavy (non-hydrogen) atoms. The Morgan fingerprint density at radius 3 is 3.00 bits per heavy atom. The van der Waals surface area contributed by atoms with Gasteiger partial charge in [-0.25, -0.2) is 4.98 Å². The molecular weight excluding hydrogens is 220 g/mol. The van der Waals surface area contributed by atoms with Crippen molar-refractivity contribution >= 4 is 11.8 Å². The maximum Gasteiger partial charge on any atom is 0.255 e. The molecule has 0 radical (unpaired) electrons. The van der Waals surface area contributed by atoms with E-state index < -0.39 is 0 Å². The molecule has 0 spiro atoms. The SMILES string of the molecule is Cc1cc(C#N)ccc1CSc1ncco1. The van der Waals surface area contributed by atoms with Gasteiger partial charge in [0.1, 0.15) is 6.26 Å². The highest BCUT2D eigenvalue weighted by atomic mass is 32.2. The van der Waals surface area contributed by atoms with Crippen LogP contribution in [0.25, 0.3) is 0 Å². The second-order valence-electron chi connectivity index (χ2n) is 3.34. The Labute approximate surface area is 98.1 Å². The lowest BCUT2D eigenvalue weighted by Gasteiger charge is -2.03. The van der Waals surface area contributed by atoms with Gasteiger partial charge in [0.25, 0.3) is 5.22 Å². The highest BCUT2D eigenvalue weighted by molar-refractivity contribution is 7.98. The molecule has 80 valence electrons. The Kier molecular flexibility index (Phi) is 3.28. The van der Waals surface area contributed by atoms with Crippen molar-refractivity contribution in [1.29, 1.82) is 5.26 Å². The molecule has 4 heteroatoms. The summed E-state index contributed by atoms with van der Waals surface area (Å²) < 4.78 is 5.14. The quantitative estimate of drug-likeness (QED) is 0.760. The van der Waals surface area contributed by atoms with Gasteiger partial charge in [-0.2, -0.15) is 5.26 Å². The predicted octanol–water partition coefficient (Wildman–Crippen LogP) is 3.15. The molecule has 0 bridgehead atoms. The Morgan fingerprint density at radius 2 is 2.38 bits per heavy atom. The number of thioether (sulfide) groups is 1. The lowest BCUT2D eigenvalue weighted by Crippen LogP contribution is -1.87. The molecule has 2 aromatic rings. The highest BCUT2D eigenvalue weighted by Crippen LogP contribution is 2.23. The van der Waals surface area contributed by atoms with E-state index >= 15 is 0 Å². The average Bonchev–Trinajstić information content (AvgIpc) is 2.80. The molecule has 0 fully saturated rings. The van der Waals surface area contributed by atoms with Crippen molar-refractivity contribution in [2.75, 3.05) is 0 Å². The van der Waals surface area contributed by atoms with Crippen LogP contribution in [0.1, 0.15) is 16.7 Å². The van der Waals surface area contributed by atoms with Gasteiger partial charge in [-0.1, -0.05) is 17.8 Å². The van der Waals surface area contributed by atoms with E-state index in [0.717, 1.165) is 11.3 Å². The molecule has 0 saturated carbocycles. The van der Waals surface area contributed by atoms with E-state index in [-0.39, 0.29) is 0 Å². The number of nitriles is 1. The number of aromatic nitrogens is 1. The monoisotopic (exact) mass is 230 g/mol. The molecule has 0 N–H and O–H groups in total. The second kappa shape index (κ2) is 4.86.